The maximum Gasteiger partial charge on any atom is 0.191 e. The fourth-order valence-electron chi connectivity index (χ4n) is 2.36. The first kappa shape index (κ1) is 21.4. The van der Waals surface area contributed by atoms with Crippen molar-refractivity contribution in [2.45, 2.75) is 44.0 Å². The molecule has 1 aromatic carbocycles. The average molecular weight is 409 g/mol. The largest absolute Gasteiger partial charge is 0.356 e. The van der Waals surface area contributed by atoms with Gasteiger partial charge in [-0.25, -0.2) is 13.4 Å². The second-order valence-electron chi connectivity index (χ2n) is 7.41. The van der Waals surface area contributed by atoms with Crippen LogP contribution in [0.1, 0.15) is 37.0 Å². The van der Waals surface area contributed by atoms with E-state index in [0.717, 1.165) is 22.7 Å². The number of thiazole rings is 1. The molecule has 0 amide bonds. The molecular weight excluding hydrogens is 380 g/mol. The minimum absolute atomic E-state index is 0.0650. The fourth-order valence-corrected chi connectivity index (χ4v) is 3.89. The van der Waals surface area contributed by atoms with Gasteiger partial charge in [-0.3, -0.25) is 4.99 Å². The third-order valence-corrected chi connectivity index (χ3v) is 6.36. The number of aliphatic imine (C=N–C) groups is 1. The summed E-state index contributed by atoms with van der Waals surface area (Å²) < 4.78 is 23.0. The highest BCUT2D eigenvalue weighted by atomic mass is 32.2. The van der Waals surface area contributed by atoms with Crippen molar-refractivity contribution in [1.29, 1.82) is 0 Å². The van der Waals surface area contributed by atoms with E-state index in [1.54, 1.807) is 30.5 Å². The van der Waals surface area contributed by atoms with Crippen LogP contribution in [0.25, 0.3) is 0 Å². The highest BCUT2D eigenvalue weighted by Crippen LogP contribution is 2.25. The van der Waals surface area contributed by atoms with Crippen LogP contribution in [0.2, 0.25) is 0 Å². The lowest BCUT2D eigenvalue weighted by Crippen LogP contribution is -2.37. The highest BCUT2D eigenvalue weighted by Gasteiger charge is 2.17. The molecule has 0 aliphatic carbocycles. The van der Waals surface area contributed by atoms with Crippen molar-refractivity contribution in [3.63, 3.8) is 0 Å². The van der Waals surface area contributed by atoms with Crippen LogP contribution in [0.4, 0.5) is 0 Å². The topological polar surface area (TPSA) is 83.5 Å². The number of hydrogen-bond donors (Lipinski definition) is 2. The SMILES string of the molecule is CN=C(NCCc1ccc(S(C)(=O)=O)cc1)NCc1csc(C(C)(C)C)n1. The quantitative estimate of drug-likeness (QED) is 0.567. The highest BCUT2D eigenvalue weighted by molar-refractivity contribution is 7.90. The van der Waals surface area contributed by atoms with Gasteiger partial charge in [-0.1, -0.05) is 32.9 Å². The summed E-state index contributed by atoms with van der Waals surface area (Å²) in [4.78, 5) is 9.24. The maximum absolute atomic E-state index is 11.5. The van der Waals surface area contributed by atoms with Gasteiger partial charge in [-0.15, -0.1) is 11.3 Å². The van der Waals surface area contributed by atoms with Crippen LogP contribution in [0.15, 0.2) is 39.5 Å². The first-order valence-corrected chi connectivity index (χ1v) is 11.5. The third-order valence-electron chi connectivity index (χ3n) is 3.91. The summed E-state index contributed by atoms with van der Waals surface area (Å²) in [7, 11) is -1.41. The smallest absolute Gasteiger partial charge is 0.191 e. The number of aromatic nitrogens is 1. The van der Waals surface area contributed by atoms with Crippen molar-refractivity contribution < 1.29 is 8.42 Å². The van der Waals surface area contributed by atoms with Gasteiger partial charge >= 0.3 is 0 Å². The van der Waals surface area contributed by atoms with Crippen LogP contribution in [-0.4, -0.2) is 39.2 Å². The van der Waals surface area contributed by atoms with Crippen LogP contribution >= 0.6 is 11.3 Å². The van der Waals surface area contributed by atoms with Crippen LogP contribution in [0.3, 0.4) is 0 Å². The number of sulfone groups is 1. The number of rotatable bonds is 6. The molecule has 0 aliphatic heterocycles. The van der Waals surface area contributed by atoms with Gasteiger partial charge in [-0.2, -0.15) is 0 Å². The first-order valence-electron chi connectivity index (χ1n) is 8.78. The third kappa shape index (κ3) is 6.62. The van der Waals surface area contributed by atoms with Crippen molar-refractivity contribution in [3.8, 4) is 0 Å². The molecule has 0 saturated carbocycles. The van der Waals surface area contributed by atoms with Gasteiger partial charge in [0.25, 0.3) is 0 Å². The minimum Gasteiger partial charge on any atom is -0.356 e. The molecule has 0 fully saturated rings. The van der Waals surface area contributed by atoms with Gasteiger partial charge in [0.1, 0.15) is 0 Å². The summed E-state index contributed by atoms with van der Waals surface area (Å²) in [6.07, 6.45) is 1.99. The molecule has 6 nitrogen and oxygen atoms in total. The summed E-state index contributed by atoms with van der Waals surface area (Å²) in [5.74, 6) is 0.716. The molecule has 0 spiro atoms. The Kier molecular flexibility index (Phi) is 7.00. The van der Waals surface area contributed by atoms with E-state index in [0.29, 0.717) is 23.9 Å². The molecule has 0 unspecified atom stereocenters. The zero-order chi connectivity index (χ0) is 20.1. The van der Waals surface area contributed by atoms with Gasteiger partial charge in [0.2, 0.25) is 0 Å². The maximum atomic E-state index is 11.5. The molecule has 0 saturated heterocycles. The van der Waals surface area contributed by atoms with Crippen molar-refractivity contribution >= 4 is 27.1 Å². The Hall–Kier alpha value is -1.93. The molecular formula is C19H28N4O2S2. The summed E-state index contributed by atoms with van der Waals surface area (Å²) in [5, 5.41) is 9.73. The first-order chi connectivity index (χ1) is 12.6. The molecule has 8 heteroatoms. The van der Waals surface area contributed by atoms with Gasteiger partial charge in [-0.05, 0) is 24.1 Å². The summed E-state index contributed by atoms with van der Waals surface area (Å²) >= 11 is 1.68. The van der Waals surface area contributed by atoms with E-state index in [1.807, 2.05) is 12.1 Å². The van der Waals surface area contributed by atoms with E-state index in [9.17, 15) is 8.42 Å². The van der Waals surface area contributed by atoms with Crippen molar-refractivity contribution in [3.05, 3.63) is 45.9 Å². The van der Waals surface area contributed by atoms with E-state index in [4.69, 9.17) is 0 Å². The molecule has 2 aromatic rings. The fraction of sp³-hybridized carbons (Fsp3) is 0.474. The average Bonchev–Trinajstić information content (AvgIpc) is 3.07. The Balaban J connectivity index is 1.81. The van der Waals surface area contributed by atoms with Crippen LogP contribution < -0.4 is 10.6 Å². The lowest BCUT2D eigenvalue weighted by molar-refractivity contribution is 0.582. The molecule has 2 rings (SSSR count). The van der Waals surface area contributed by atoms with Crippen LogP contribution in [0.5, 0.6) is 0 Å². The summed E-state index contributed by atoms with van der Waals surface area (Å²) in [6, 6.07) is 6.98. The van der Waals surface area contributed by atoms with Gasteiger partial charge in [0, 0.05) is 30.6 Å². The normalized spacial score (nSPS) is 12.9. The number of hydrogen-bond acceptors (Lipinski definition) is 5. The Bertz CT molecular complexity index is 879. The van der Waals surface area contributed by atoms with E-state index < -0.39 is 9.84 Å². The van der Waals surface area contributed by atoms with Gasteiger partial charge in [0.05, 0.1) is 22.1 Å². The van der Waals surface area contributed by atoms with Crippen LogP contribution in [0, 0.1) is 0 Å². The van der Waals surface area contributed by atoms with Gasteiger partial charge < -0.3 is 10.6 Å². The molecule has 0 atom stereocenters. The summed E-state index contributed by atoms with van der Waals surface area (Å²) in [6.45, 7) is 7.79. The van der Waals surface area contributed by atoms with E-state index in [-0.39, 0.29) is 5.41 Å². The molecule has 27 heavy (non-hydrogen) atoms. The number of nitrogens with one attached hydrogen (secondary N) is 2. The molecule has 1 aromatic heterocycles. The summed E-state index contributed by atoms with van der Waals surface area (Å²) in [5.41, 5.74) is 2.14. The number of guanidine groups is 1. The molecule has 1 heterocycles. The predicted molar refractivity (Wildman–Crippen MR) is 112 cm³/mol. The van der Waals surface area contributed by atoms with Crippen LogP contribution in [-0.2, 0) is 28.2 Å². The molecule has 0 radical (unpaired) electrons. The van der Waals surface area contributed by atoms with E-state index in [2.05, 4.69) is 46.8 Å². The number of benzene rings is 1. The zero-order valence-corrected chi connectivity index (χ0v) is 18.2. The van der Waals surface area contributed by atoms with E-state index >= 15 is 0 Å². The second kappa shape index (κ2) is 8.84. The van der Waals surface area contributed by atoms with Crippen molar-refractivity contribution in [2.24, 2.45) is 4.99 Å². The second-order valence-corrected chi connectivity index (χ2v) is 10.3. The Morgan fingerprint density at radius 3 is 2.37 bits per heavy atom. The molecule has 0 bridgehead atoms. The molecule has 148 valence electrons. The number of nitrogens with zero attached hydrogens (tertiary/aromatic N) is 2. The van der Waals surface area contributed by atoms with Gasteiger partial charge in [0.15, 0.2) is 15.8 Å². The zero-order valence-electron chi connectivity index (χ0n) is 16.5. The lowest BCUT2D eigenvalue weighted by atomic mass is 9.98. The standard InChI is InChI=1S/C19H28N4O2S2/c1-19(2,3)17-23-15(13-26-17)12-22-18(20-4)21-11-10-14-6-8-16(9-7-14)27(5,24)25/h6-9,13H,10-12H2,1-5H3,(H2,20,21,22). The Morgan fingerprint density at radius 1 is 1.19 bits per heavy atom. The monoisotopic (exact) mass is 408 g/mol. The van der Waals surface area contributed by atoms with Crippen molar-refractivity contribution in [1.82, 2.24) is 15.6 Å². The van der Waals surface area contributed by atoms with Crippen molar-refractivity contribution in [2.75, 3.05) is 19.8 Å². The van der Waals surface area contributed by atoms with E-state index in [1.165, 1.54) is 6.26 Å². The molecule has 0 aliphatic rings. The minimum atomic E-state index is -3.15. The Labute approximate surface area is 166 Å². The predicted octanol–water partition coefficient (Wildman–Crippen LogP) is 2.75. The molecule has 2 N–H and O–H groups in total. The lowest BCUT2D eigenvalue weighted by Gasteiger charge is -2.14. The Morgan fingerprint density at radius 2 is 1.85 bits per heavy atom.